The molecule has 2 N–H and O–H groups in total. The standard InChI is InChI=1S/C27H26BrN3O2S/c1-15-6-5-7-19(13-15)31-26(34)30-24-20-14-18(28)9-11-22(20)33-27(31,4)23(24)25(32)29-21-10-8-16(2)12-17(21)3/h5-14,23-24H,1-4H3,(H,29,32)(H,30,34). The maximum Gasteiger partial charge on any atom is 0.236 e. The van der Waals surface area contributed by atoms with Crippen molar-refractivity contribution in [3.8, 4) is 5.75 Å². The zero-order valence-electron chi connectivity index (χ0n) is 19.5. The van der Waals surface area contributed by atoms with Crippen LogP contribution in [-0.4, -0.2) is 16.7 Å². The van der Waals surface area contributed by atoms with Crippen LogP contribution in [0.4, 0.5) is 11.4 Å². The summed E-state index contributed by atoms with van der Waals surface area (Å²) in [7, 11) is 0. The molecule has 0 aliphatic carbocycles. The number of fused-ring (bicyclic) bond motifs is 4. The molecular formula is C27H26BrN3O2S. The van der Waals surface area contributed by atoms with Gasteiger partial charge in [0.1, 0.15) is 11.7 Å². The van der Waals surface area contributed by atoms with Crippen molar-refractivity contribution in [3.63, 3.8) is 0 Å². The van der Waals surface area contributed by atoms with Crippen molar-refractivity contribution < 1.29 is 9.53 Å². The van der Waals surface area contributed by atoms with E-state index >= 15 is 0 Å². The number of anilines is 2. The summed E-state index contributed by atoms with van der Waals surface area (Å²) in [5.74, 6) is 0.0267. The van der Waals surface area contributed by atoms with Crippen LogP contribution in [0.1, 0.15) is 35.2 Å². The number of amides is 1. The van der Waals surface area contributed by atoms with E-state index in [1.165, 1.54) is 0 Å². The van der Waals surface area contributed by atoms with Gasteiger partial charge in [0.05, 0.1) is 6.04 Å². The summed E-state index contributed by atoms with van der Waals surface area (Å²) >= 11 is 9.40. The fraction of sp³-hybridized carbons (Fsp3) is 0.259. The highest BCUT2D eigenvalue weighted by Crippen LogP contribution is 2.50. The summed E-state index contributed by atoms with van der Waals surface area (Å²) in [5.41, 5.74) is 4.80. The summed E-state index contributed by atoms with van der Waals surface area (Å²) in [6, 6.07) is 19.6. The van der Waals surface area contributed by atoms with Crippen molar-refractivity contribution in [1.29, 1.82) is 0 Å². The first-order chi connectivity index (χ1) is 16.2. The predicted molar refractivity (Wildman–Crippen MR) is 143 cm³/mol. The van der Waals surface area contributed by atoms with Crippen LogP contribution in [-0.2, 0) is 4.79 Å². The number of rotatable bonds is 3. The third-order valence-corrected chi connectivity index (χ3v) is 7.44. The molecule has 0 spiro atoms. The van der Waals surface area contributed by atoms with Crippen LogP contribution in [0.3, 0.4) is 0 Å². The number of aryl methyl sites for hydroxylation is 3. The van der Waals surface area contributed by atoms with Gasteiger partial charge >= 0.3 is 0 Å². The van der Waals surface area contributed by atoms with E-state index in [2.05, 4.69) is 38.7 Å². The van der Waals surface area contributed by atoms with Crippen molar-refractivity contribution in [2.75, 3.05) is 10.2 Å². The molecule has 0 radical (unpaired) electrons. The van der Waals surface area contributed by atoms with E-state index in [1.54, 1.807) is 0 Å². The van der Waals surface area contributed by atoms with Gasteiger partial charge in [-0.05, 0) is 87.4 Å². The average molecular weight is 536 g/mol. The van der Waals surface area contributed by atoms with Gasteiger partial charge in [0.25, 0.3) is 0 Å². The summed E-state index contributed by atoms with van der Waals surface area (Å²) in [5, 5.41) is 7.15. The monoisotopic (exact) mass is 535 g/mol. The molecule has 3 aromatic carbocycles. The summed E-state index contributed by atoms with van der Waals surface area (Å²) in [6.07, 6.45) is 0. The molecule has 3 aromatic rings. The number of carbonyl (C=O) groups excluding carboxylic acids is 1. The molecule has 7 heteroatoms. The van der Waals surface area contributed by atoms with Gasteiger partial charge in [-0.15, -0.1) is 0 Å². The Balaban J connectivity index is 1.63. The second-order valence-electron chi connectivity index (χ2n) is 9.23. The van der Waals surface area contributed by atoms with Crippen LogP contribution in [0.25, 0.3) is 0 Å². The minimum atomic E-state index is -1.04. The van der Waals surface area contributed by atoms with Gasteiger partial charge < -0.3 is 15.4 Å². The van der Waals surface area contributed by atoms with Crippen molar-refractivity contribution in [2.45, 2.75) is 39.5 Å². The van der Waals surface area contributed by atoms with Gasteiger partial charge in [-0.1, -0.05) is 45.8 Å². The predicted octanol–water partition coefficient (Wildman–Crippen LogP) is 6.17. The molecule has 5 nitrogen and oxygen atoms in total. The molecule has 3 atom stereocenters. The molecule has 2 aliphatic heterocycles. The maximum absolute atomic E-state index is 14.0. The SMILES string of the molecule is Cc1cccc(N2C(=S)NC3c4cc(Br)ccc4OC2(C)C3C(=O)Nc2ccc(C)cc2C)c1. The molecule has 0 aromatic heterocycles. The summed E-state index contributed by atoms with van der Waals surface area (Å²) < 4.78 is 7.58. The molecule has 2 aliphatic rings. The Kier molecular flexibility index (Phi) is 5.65. The molecule has 1 fully saturated rings. The van der Waals surface area contributed by atoms with E-state index in [0.717, 1.165) is 43.9 Å². The van der Waals surface area contributed by atoms with Crippen molar-refractivity contribution in [1.82, 2.24) is 5.32 Å². The normalized spacial score (nSPS) is 23.0. The molecule has 1 saturated heterocycles. The molecule has 34 heavy (non-hydrogen) atoms. The van der Waals surface area contributed by atoms with Crippen LogP contribution >= 0.6 is 28.1 Å². The second-order valence-corrected chi connectivity index (χ2v) is 10.5. The Bertz CT molecular complexity index is 1330. The molecule has 3 unspecified atom stereocenters. The van der Waals surface area contributed by atoms with E-state index < -0.39 is 11.6 Å². The van der Waals surface area contributed by atoms with E-state index in [0.29, 0.717) is 5.11 Å². The first kappa shape index (κ1) is 22.9. The van der Waals surface area contributed by atoms with Crippen LogP contribution in [0, 0.1) is 26.7 Å². The third kappa shape index (κ3) is 3.77. The van der Waals surface area contributed by atoms with Crippen LogP contribution in [0.15, 0.2) is 65.1 Å². The van der Waals surface area contributed by atoms with E-state index in [9.17, 15) is 4.79 Å². The van der Waals surface area contributed by atoms with E-state index in [-0.39, 0.29) is 11.9 Å². The highest BCUT2D eigenvalue weighted by atomic mass is 79.9. The van der Waals surface area contributed by atoms with Crippen molar-refractivity contribution >= 4 is 50.5 Å². The van der Waals surface area contributed by atoms with E-state index in [1.807, 2.05) is 81.1 Å². The number of thiocarbonyl (C=S) groups is 1. The Hall–Kier alpha value is -2.90. The van der Waals surface area contributed by atoms with Crippen LogP contribution in [0.5, 0.6) is 5.75 Å². The van der Waals surface area contributed by atoms with Gasteiger partial charge in [-0.3, -0.25) is 9.69 Å². The van der Waals surface area contributed by atoms with Gasteiger partial charge in [-0.25, -0.2) is 0 Å². The summed E-state index contributed by atoms with van der Waals surface area (Å²) in [6.45, 7) is 8.03. The molecular weight excluding hydrogens is 510 g/mol. The van der Waals surface area contributed by atoms with Gasteiger partial charge in [0.2, 0.25) is 5.91 Å². The minimum absolute atomic E-state index is 0.127. The Labute approximate surface area is 213 Å². The lowest BCUT2D eigenvalue weighted by Gasteiger charge is -2.56. The molecule has 5 rings (SSSR count). The maximum atomic E-state index is 14.0. The fourth-order valence-electron chi connectivity index (χ4n) is 5.07. The Morgan fingerprint density at radius 2 is 1.85 bits per heavy atom. The minimum Gasteiger partial charge on any atom is -0.467 e. The second kappa shape index (κ2) is 8.40. The highest BCUT2D eigenvalue weighted by molar-refractivity contribution is 9.10. The number of carbonyl (C=O) groups is 1. The fourth-order valence-corrected chi connectivity index (χ4v) is 5.87. The lowest BCUT2D eigenvalue weighted by molar-refractivity contribution is -0.130. The number of ether oxygens (including phenoxy) is 1. The lowest BCUT2D eigenvalue weighted by atomic mass is 9.78. The lowest BCUT2D eigenvalue weighted by Crippen LogP contribution is -2.72. The number of hydrogen-bond acceptors (Lipinski definition) is 3. The quantitative estimate of drug-likeness (QED) is 0.392. The van der Waals surface area contributed by atoms with Gasteiger partial charge in [-0.2, -0.15) is 0 Å². The highest BCUT2D eigenvalue weighted by Gasteiger charge is 2.59. The zero-order valence-corrected chi connectivity index (χ0v) is 21.9. The molecule has 174 valence electrons. The number of halogens is 1. The van der Waals surface area contributed by atoms with Crippen molar-refractivity contribution in [2.24, 2.45) is 5.92 Å². The van der Waals surface area contributed by atoms with Crippen molar-refractivity contribution in [3.05, 3.63) is 87.4 Å². The smallest absolute Gasteiger partial charge is 0.236 e. The number of hydrogen-bond donors (Lipinski definition) is 2. The topological polar surface area (TPSA) is 53.6 Å². The Morgan fingerprint density at radius 3 is 2.59 bits per heavy atom. The van der Waals surface area contributed by atoms with Crippen LogP contribution < -0.4 is 20.3 Å². The molecule has 2 heterocycles. The zero-order chi connectivity index (χ0) is 24.2. The number of nitrogens with zero attached hydrogens (tertiary/aromatic N) is 1. The molecule has 1 amide bonds. The third-order valence-electron chi connectivity index (χ3n) is 6.64. The largest absolute Gasteiger partial charge is 0.467 e. The first-order valence-corrected chi connectivity index (χ1v) is 12.4. The van der Waals surface area contributed by atoms with Gasteiger partial charge in [0, 0.05) is 21.4 Å². The van der Waals surface area contributed by atoms with Gasteiger partial charge in [0.15, 0.2) is 10.8 Å². The molecule has 0 saturated carbocycles. The number of nitrogens with one attached hydrogen (secondary N) is 2. The van der Waals surface area contributed by atoms with E-state index in [4.69, 9.17) is 17.0 Å². The first-order valence-electron chi connectivity index (χ1n) is 11.2. The number of benzene rings is 3. The Morgan fingerprint density at radius 1 is 1.09 bits per heavy atom. The van der Waals surface area contributed by atoms with Crippen LogP contribution in [0.2, 0.25) is 0 Å². The average Bonchev–Trinajstić information content (AvgIpc) is 2.76. The summed E-state index contributed by atoms with van der Waals surface area (Å²) in [4.78, 5) is 15.9. The molecule has 2 bridgehead atoms.